The van der Waals surface area contributed by atoms with Gasteiger partial charge in [0, 0.05) is 13.0 Å². The first kappa shape index (κ1) is 15.4. The fourth-order valence-electron chi connectivity index (χ4n) is 1.01. The lowest BCUT2D eigenvalue weighted by atomic mass is 10.3. The van der Waals surface area contributed by atoms with Gasteiger partial charge in [-0.1, -0.05) is 0 Å². The lowest BCUT2D eigenvalue weighted by molar-refractivity contribution is -0.138. The minimum Gasteiger partial charge on any atom is -0.481 e. The van der Waals surface area contributed by atoms with Crippen LogP contribution in [0.2, 0.25) is 0 Å². The van der Waals surface area contributed by atoms with Gasteiger partial charge in [0.05, 0.1) is 19.1 Å². The van der Waals surface area contributed by atoms with Crippen LogP contribution in [-0.4, -0.2) is 42.3 Å². The third-order valence-corrected chi connectivity index (χ3v) is 1.77. The monoisotopic (exact) mass is 246 g/mol. The Bertz CT molecular complexity index is 280. The zero-order valence-electron chi connectivity index (χ0n) is 9.99. The Morgan fingerprint density at radius 3 is 2.47 bits per heavy atom. The second-order valence-corrected chi connectivity index (χ2v) is 3.48. The van der Waals surface area contributed by atoms with Crippen molar-refractivity contribution in [3.8, 4) is 0 Å². The maximum atomic E-state index is 11.2. The summed E-state index contributed by atoms with van der Waals surface area (Å²) in [5, 5.41) is 12.9. The average Bonchev–Trinajstić information content (AvgIpc) is 2.23. The van der Waals surface area contributed by atoms with Crippen molar-refractivity contribution in [1.29, 1.82) is 0 Å². The molecule has 7 heteroatoms. The summed E-state index contributed by atoms with van der Waals surface area (Å²) in [6.07, 6.45) is -0.518. The largest absolute Gasteiger partial charge is 0.481 e. The summed E-state index contributed by atoms with van der Waals surface area (Å²) < 4.78 is 5.07. The summed E-state index contributed by atoms with van der Waals surface area (Å²) in [7, 11) is 0. The summed E-state index contributed by atoms with van der Waals surface area (Å²) in [4.78, 5) is 32.5. The molecule has 0 aliphatic carbocycles. The van der Waals surface area contributed by atoms with Gasteiger partial charge in [-0.25, -0.2) is 4.79 Å². The maximum Gasteiger partial charge on any atom is 0.321 e. The van der Waals surface area contributed by atoms with E-state index in [1.54, 1.807) is 6.92 Å². The minimum absolute atomic E-state index is 0.220. The summed E-state index contributed by atoms with van der Waals surface area (Å²) in [6, 6.07) is -0.866. The van der Waals surface area contributed by atoms with Crippen molar-refractivity contribution in [2.45, 2.75) is 32.7 Å². The summed E-state index contributed by atoms with van der Waals surface area (Å²) >= 11 is 0. The van der Waals surface area contributed by atoms with Crippen LogP contribution in [0.15, 0.2) is 0 Å². The smallest absolute Gasteiger partial charge is 0.321 e. The first-order chi connectivity index (χ1) is 7.95. The number of aliphatic carboxylic acids is 1. The molecule has 0 rings (SSSR count). The van der Waals surface area contributed by atoms with Crippen molar-refractivity contribution >= 4 is 17.9 Å². The maximum absolute atomic E-state index is 11.2. The van der Waals surface area contributed by atoms with Crippen LogP contribution in [0.1, 0.15) is 26.7 Å². The number of imide groups is 1. The van der Waals surface area contributed by atoms with Crippen molar-refractivity contribution in [1.82, 2.24) is 10.6 Å². The average molecular weight is 246 g/mol. The molecule has 0 aromatic heterocycles. The van der Waals surface area contributed by atoms with E-state index in [2.05, 4.69) is 5.32 Å². The van der Waals surface area contributed by atoms with E-state index in [-0.39, 0.29) is 18.9 Å². The number of hydrogen-bond acceptors (Lipinski definition) is 4. The van der Waals surface area contributed by atoms with E-state index in [9.17, 15) is 14.4 Å². The molecule has 7 nitrogen and oxygen atoms in total. The molecular weight excluding hydrogens is 228 g/mol. The Morgan fingerprint density at radius 2 is 1.94 bits per heavy atom. The van der Waals surface area contributed by atoms with E-state index in [1.807, 2.05) is 12.2 Å². The number of carbonyl (C=O) groups excluding carboxylic acids is 2. The van der Waals surface area contributed by atoms with E-state index in [0.29, 0.717) is 13.2 Å². The van der Waals surface area contributed by atoms with Crippen LogP contribution in [0.4, 0.5) is 4.79 Å². The molecule has 1 atom stereocenters. The molecule has 3 amide bonds. The topological polar surface area (TPSA) is 105 Å². The van der Waals surface area contributed by atoms with Crippen LogP contribution in [0.5, 0.6) is 0 Å². The van der Waals surface area contributed by atoms with Gasteiger partial charge in [-0.05, 0) is 13.8 Å². The molecule has 0 aliphatic rings. The van der Waals surface area contributed by atoms with E-state index < -0.39 is 17.9 Å². The normalized spacial score (nSPS) is 11.6. The van der Waals surface area contributed by atoms with Gasteiger partial charge < -0.3 is 15.2 Å². The van der Waals surface area contributed by atoms with Crippen LogP contribution in [0, 0.1) is 0 Å². The highest BCUT2D eigenvalue weighted by Gasteiger charge is 2.11. The highest BCUT2D eigenvalue weighted by molar-refractivity contribution is 5.95. The minimum atomic E-state index is -1.08. The molecule has 0 saturated heterocycles. The van der Waals surface area contributed by atoms with Gasteiger partial charge in [0.15, 0.2) is 0 Å². The summed E-state index contributed by atoms with van der Waals surface area (Å²) in [6.45, 7) is 4.47. The number of carbonyl (C=O) groups is 3. The third-order valence-electron chi connectivity index (χ3n) is 1.77. The standard InChI is InChI=1S/C10H18N2O5/c1-3-17-6-7(2)11-10(16)12-8(13)4-5-9(14)15/h7H,3-6H2,1-2H3,(H,14,15)(H2,11,12,13,16). The molecule has 0 heterocycles. The summed E-state index contributed by atoms with van der Waals surface area (Å²) in [5.74, 6) is -1.70. The Balaban J connectivity index is 3.77. The highest BCUT2D eigenvalue weighted by atomic mass is 16.5. The molecule has 0 radical (unpaired) electrons. The van der Waals surface area contributed by atoms with Gasteiger partial charge in [0.1, 0.15) is 0 Å². The molecule has 98 valence electrons. The number of hydrogen-bond donors (Lipinski definition) is 3. The quantitative estimate of drug-likeness (QED) is 0.591. The van der Waals surface area contributed by atoms with Crippen molar-refractivity contribution in [2.24, 2.45) is 0 Å². The molecule has 17 heavy (non-hydrogen) atoms. The van der Waals surface area contributed by atoms with Gasteiger partial charge in [-0.15, -0.1) is 0 Å². The van der Waals surface area contributed by atoms with Gasteiger partial charge in [-0.2, -0.15) is 0 Å². The first-order valence-electron chi connectivity index (χ1n) is 5.35. The lowest BCUT2D eigenvalue weighted by Gasteiger charge is -2.13. The van der Waals surface area contributed by atoms with Crippen molar-refractivity contribution in [2.75, 3.05) is 13.2 Å². The predicted molar refractivity (Wildman–Crippen MR) is 59.5 cm³/mol. The Kier molecular flexibility index (Phi) is 7.70. The van der Waals surface area contributed by atoms with Crippen molar-refractivity contribution < 1.29 is 24.2 Å². The molecule has 0 aliphatic heterocycles. The Morgan fingerprint density at radius 1 is 1.29 bits per heavy atom. The zero-order chi connectivity index (χ0) is 13.3. The van der Waals surface area contributed by atoms with Crippen LogP contribution < -0.4 is 10.6 Å². The van der Waals surface area contributed by atoms with E-state index in [1.165, 1.54) is 0 Å². The molecule has 1 unspecified atom stereocenters. The summed E-state index contributed by atoms with van der Waals surface area (Å²) in [5.41, 5.74) is 0. The molecule has 0 aromatic rings. The van der Waals surface area contributed by atoms with E-state index >= 15 is 0 Å². The Hall–Kier alpha value is -1.63. The Labute approximate surface area is 99.5 Å². The van der Waals surface area contributed by atoms with E-state index in [0.717, 1.165) is 0 Å². The number of nitrogens with one attached hydrogen (secondary N) is 2. The van der Waals surface area contributed by atoms with Crippen LogP contribution in [0.3, 0.4) is 0 Å². The molecule has 3 N–H and O–H groups in total. The zero-order valence-corrected chi connectivity index (χ0v) is 9.99. The fraction of sp³-hybridized carbons (Fsp3) is 0.700. The SMILES string of the molecule is CCOCC(C)NC(=O)NC(=O)CCC(=O)O. The van der Waals surface area contributed by atoms with Crippen molar-refractivity contribution in [3.63, 3.8) is 0 Å². The molecule has 0 saturated carbocycles. The number of rotatable bonds is 7. The number of carboxylic acid groups (broad SMARTS) is 1. The molecule has 0 bridgehead atoms. The van der Waals surface area contributed by atoms with Crippen LogP contribution in [-0.2, 0) is 14.3 Å². The van der Waals surface area contributed by atoms with Gasteiger partial charge in [-0.3, -0.25) is 14.9 Å². The third kappa shape index (κ3) is 9.31. The predicted octanol–water partition coefficient (Wildman–Crippen LogP) is 0.102. The second kappa shape index (κ2) is 8.51. The van der Waals surface area contributed by atoms with Crippen LogP contribution in [0.25, 0.3) is 0 Å². The van der Waals surface area contributed by atoms with Crippen LogP contribution >= 0.6 is 0 Å². The van der Waals surface area contributed by atoms with Gasteiger partial charge in [0.2, 0.25) is 5.91 Å². The molecular formula is C10H18N2O5. The first-order valence-corrected chi connectivity index (χ1v) is 5.35. The number of carboxylic acids is 1. The second-order valence-electron chi connectivity index (χ2n) is 3.48. The number of ether oxygens (including phenoxy) is 1. The lowest BCUT2D eigenvalue weighted by Crippen LogP contribution is -2.45. The molecule has 0 spiro atoms. The number of amides is 3. The van der Waals surface area contributed by atoms with Gasteiger partial charge >= 0.3 is 12.0 Å². The fourth-order valence-corrected chi connectivity index (χ4v) is 1.01. The van der Waals surface area contributed by atoms with E-state index in [4.69, 9.17) is 9.84 Å². The molecule has 0 fully saturated rings. The number of urea groups is 1. The van der Waals surface area contributed by atoms with Gasteiger partial charge in [0.25, 0.3) is 0 Å². The van der Waals surface area contributed by atoms with Crippen molar-refractivity contribution in [3.05, 3.63) is 0 Å². The highest BCUT2D eigenvalue weighted by Crippen LogP contribution is 1.89. The molecule has 0 aromatic carbocycles.